The van der Waals surface area contributed by atoms with Crippen molar-refractivity contribution in [3.8, 4) is 0 Å². The molecule has 0 radical (unpaired) electrons. The lowest BCUT2D eigenvalue weighted by atomic mass is 10.0. The van der Waals surface area contributed by atoms with Crippen LogP contribution >= 0.6 is 0 Å². The first-order valence-electron chi connectivity index (χ1n) is 6.63. The Bertz CT molecular complexity index is 417. The van der Waals surface area contributed by atoms with Crippen LogP contribution in [-0.4, -0.2) is 43.0 Å². The lowest BCUT2D eigenvalue weighted by molar-refractivity contribution is -0.00586. The van der Waals surface area contributed by atoms with E-state index >= 15 is 0 Å². The van der Waals surface area contributed by atoms with Crippen molar-refractivity contribution in [1.82, 2.24) is 4.90 Å². The molecule has 1 aromatic carbocycles. The SMILES string of the molecule is CCC1COCCN1CC(=O)c1ccccc1C. The van der Waals surface area contributed by atoms with E-state index < -0.39 is 0 Å². The number of ether oxygens (including phenoxy) is 1. The van der Waals surface area contributed by atoms with Gasteiger partial charge in [-0.1, -0.05) is 31.2 Å². The van der Waals surface area contributed by atoms with E-state index in [-0.39, 0.29) is 5.78 Å². The Morgan fingerprint density at radius 1 is 1.44 bits per heavy atom. The van der Waals surface area contributed by atoms with Crippen molar-refractivity contribution >= 4 is 5.78 Å². The molecule has 0 amide bonds. The number of hydrogen-bond acceptors (Lipinski definition) is 3. The number of carbonyl (C=O) groups excluding carboxylic acids is 1. The molecule has 0 bridgehead atoms. The van der Waals surface area contributed by atoms with Crippen LogP contribution in [0.1, 0.15) is 29.3 Å². The molecule has 3 heteroatoms. The Labute approximate surface area is 109 Å². The van der Waals surface area contributed by atoms with Gasteiger partial charge >= 0.3 is 0 Å². The molecule has 1 fully saturated rings. The first-order chi connectivity index (χ1) is 8.72. The van der Waals surface area contributed by atoms with Gasteiger partial charge in [0.25, 0.3) is 0 Å². The summed E-state index contributed by atoms with van der Waals surface area (Å²) in [6.45, 7) is 6.98. The quantitative estimate of drug-likeness (QED) is 0.765. The summed E-state index contributed by atoms with van der Waals surface area (Å²) in [4.78, 5) is 14.6. The predicted octanol–water partition coefficient (Wildman–Crippen LogP) is 2.29. The molecule has 1 aliphatic rings. The standard InChI is InChI=1S/C15H21NO2/c1-3-13-11-18-9-8-16(13)10-15(17)14-7-5-4-6-12(14)2/h4-7,13H,3,8-11H2,1-2H3. The lowest BCUT2D eigenvalue weighted by Crippen LogP contribution is -2.47. The number of aryl methyl sites for hydroxylation is 1. The molecular weight excluding hydrogens is 226 g/mol. The Kier molecular flexibility index (Phi) is 4.50. The lowest BCUT2D eigenvalue weighted by Gasteiger charge is -2.34. The molecule has 1 aliphatic heterocycles. The first kappa shape index (κ1) is 13.2. The molecule has 3 nitrogen and oxygen atoms in total. The fourth-order valence-corrected chi connectivity index (χ4v) is 2.43. The molecule has 2 rings (SSSR count). The highest BCUT2D eigenvalue weighted by Gasteiger charge is 2.24. The van der Waals surface area contributed by atoms with Gasteiger partial charge in [0.15, 0.2) is 5.78 Å². The number of rotatable bonds is 4. The van der Waals surface area contributed by atoms with E-state index in [4.69, 9.17) is 4.74 Å². The second-order valence-corrected chi connectivity index (χ2v) is 4.85. The van der Waals surface area contributed by atoms with Gasteiger partial charge in [0.05, 0.1) is 19.8 Å². The van der Waals surface area contributed by atoms with Crippen molar-refractivity contribution in [2.24, 2.45) is 0 Å². The number of Topliss-reactive ketones (excluding diaryl/α,β-unsaturated/α-hetero) is 1. The number of morpholine rings is 1. The summed E-state index contributed by atoms with van der Waals surface area (Å²) in [5, 5.41) is 0. The number of benzene rings is 1. The normalized spacial score (nSPS) is 20.9. The average Bonchev–Trinajstić information content (AvgIpc) is 2.39. The Morgan fingerprint density at radius 3 is 2.94 bits per heavy atom. The van der Waals surface area contributed by atoms with Gasteiger partial charge < -0.3 is 4.74 Å². The minimum atomic E-state index is 0.216. The fourth-order valence-electron chi connectivity index (χ4n) is 2.43. The van der Waals surface area contributed by atoms with Crippen LogP contribution < -0.4 is 0 Å². The van der Waals surface area contributed by atoms with E-state index in [1.54, 1.807) is 0 Å². The van der Waals surface area contributed by atoms with Gasteiger partial charge in [-0.25, -0.2) is 0 Å². The van der Waals surface area contributed by atoms with Crippen molar-refractivity contribution in [2.45, 2.75) is 26.3 Å². The highest BCUT2D eigenvalue weighted by molar-refractivity contribution is 5.98. The maximum absolute atomic E-state index is 12.3. The number of hydrogen-bond donors (Lipinski definition) is 0. The van der Waals surface area contributed by atoms with Crippen LogP contribution in [0.4, 0.5) is 0 Å². The smallest absolute Gasteiger partial charge is 0.177 e. The van der Waals surface area contributed by atoms with Crippen LogP contribution in [0.25, 0.3) is 0 Å². The minimum Gasteiger partial charge on any atom is -0.378 e. The van der Waals surface area contributed by atoms with Crippen LogP contribution in [-0.2, 0) is 4.74 Å². The van der Waals surface area contributed by atoms with Crippen LogP contribution in [0.2, 0.25) is 0 Å². The highest BCUT2D eigenvalue weighted by Crippen LogP contribution is 2.13. The summed E-state index contributed by atoms with van der Waals surface area (Å²) in [6, 6.07) is 8.18. The van der Waals surface area contributed by atoms with Crippen LogP contribution in [0.5, 0.6) is 0 Å². The molecule has 0 aromatic heterocycles. The number of carbonyl (C=O) groups is 1. The second-order valence-electron chi connectivity index (χ2n) is 4.85. The predicted molar refractivity (Wildman–Crippen MR) is 72.0 cm³/mol. The van der Waals surface area contributed by atoms with Crippen molar-refractivity contribution < 1.29 is 9.53 Å². The maximum atomic E-state index is 12.3. The fraction of sp³-hybridized carbons (Fsp3) is 0.533. The van der Waals surface area contributed by atoms with Gasteiger partial charge in [0, 0.05) is 18.2 Å². The zero-order chi connectivity index (χ0) is 13.0. The first-order valence-corrected chi connectivity index (χ1v) is 6.63. The van der Waals surface area contributed by atoms with Crippen LogP contribution in [0.15, 0.2) is 24.3 Å². The molecule has 1 unspecified atom stereocenters. The largest absolute Gasteiger partial charge is 0.378 e. The third-order valence-electron chi connectivity index (χ3n) is 3.61. The molecule has 98 valence electrons. The summed E-state index contributed by atoms with van der Waals surface area (Å²) in [5.41, 5.74) is 1.91. The van der Waals surface area contributed by atoms with Crippen molar-refractivity contribution in [2.75, 3.05) is 26.3 Å². The average molecular weight is 247 g/mol. The molecular formula is C15H21NO2. The second kappa shape index (κ2) is 6.12. The van der Waals surface area contributed by atoms with Crippen molar-refractivity contribution in [1.29, 1.82) is 0 Å². The van der Waals surface area contributed by atoms with E-state index in [0.29, 0.717) is 12.6 Å². The summed E-state index contributed by atoms with van der Waals surface area (Å²) in [5.74, 6) is 0.216. The van der Waals surface area contributed by atoms with Crippen molar-refractivity contribution in [3.05, 3.63) is 35.4 Å². The van der Waals surface area contributed by atoms with Crippen LogP contribution in [0, 0.1) is 6.92 Å². The van der Waals surface area contributed by atoms with E-state index in [0.717, 1.165) is 37.3 Å². The number of nitrogens with zero attached hydrogens (tertiary/aromatic N) is 1. The monoisotopic (exact) mass is 247 g/mol. The third-order valence-corrected chi connectivity index (χ3v) is 3.61. The molecule has 1 atom stereocenters. The van der Waals surface area contributed by atoms with Gasteiger partial charge in [-0.2, -0.15) is 0 Å². The Morgan fingerprint density at radius 2 is 2.22 bits per heavy atom. The van der Waals surface area contributed by atoms with Gasteiger partial charge in [-0.05, 0) is 18.9 Å². The molecule has 0 N–H and O–H groups in total. The van der Waals surface area contributed by atoms with Gasteiger partial charge in [-0.15, -0.1) is 0 Å². The molecule has 1 saturated heterocycles. The number of ketones is 1. The molecule has 1 aromatic rings. The zero-order valence-corrected chi connectivity index (χ0v) is 11.2. The summed E-state index contributed by atoms with van der Waals surface area (Å²) < 4.78 is 5.46. The van der Waals surface area contributed by atoms with Gasteiger partial charge in [-0.3, -0.25) is 9.69 Å². The Balaban J connectivity index is 2.04. The van der Waals surface area contributed by atoms with E-state index in [9.17, 15) is 4.79 Å². The van der Waals surface area contributed by atoms with Crippen LogP contribution in [0.3, 0.4) is 0 Å². The van der Waals surface area contributed by atoms with Crippen molar-refractivity contribution in [3.63, 3.8) is 0 Å². The zero-order valence-electron chi connectivity index (χ0n) is 11.2. The molecule has 18 heavy (non-hydrogen) atoms. The minimum absolute atomic E-state index is 0.216. The molecule has 0 aliphatic carbocycles. The van der Waals surface area contributed by atoms with E-state index in [2.05, 4.69) is 11.8 Å². The van der Waals surface area contributed by atoms with E-state index in [1.807, 2.05) is 31.2 Å². The summed E-state index contributed by atoms with van der Waals surface area (Å²) in [7, 11) is 0. The summed E-state index contributed by atoms with van der Waals surface area (Å²) in [6.07, 6.45) is 1.03. The Hall–Kier alpha value is -1.19. The van der Waals surface area contributed by atoms with Gasteiger partial charge in [0.1, 0.15) is 0 Å². The van der Waals surface area contributed by atoms with E-state index in [1.165, 1.54) is 0 Å². The summed E-state index contributed by atoms with van der Waals surface area (Å²) >= 11 is 0. The molecule has 1 heterocycles. The third kappa shape index (κ3) is 2.98. The highest BCUT2D eigenvalue weighted by atomic mass is 16.5. The molecule has 0 saturated carbocycles. The topological polar surface area (TPSA) is 29.5 Å². The molecule has 0 spiro atoms. The van der Waals surface area contributed by atoms with Gasteiger partial charge in [0.2, 0.25) is 0 Å². The maximum Gasteiger partial charge on any atom is 0.177 e.